The highest BCUT2D eigenvalue weighted by Crippen LogP contribution is 2.17. The molecule has 0 aliphatic carbocycles. The minimum Gasteiger partial charge on any atom is -0.489 e. The summed E-state index contributed by atoms with van der Waals surface area (Å²) in [5.74, 6) is 0.657. The molecule has 1 aromatic heterocycles. The predicted octanol–water partition coefficient (Wildman–Crippen LogP) is 4.35. The Hall–Kier alpha value is -2.66. The van der Waals surface area contributed by atoms with E-state index in [1.54, 1.807) is 12.3 Å². The van der Waals surface area contributed by atoms with E-state index in [-0.39, 0.29) is 5.91 Å². The SMILES string of the molecule is O=C(NCc1ccccn1)c1cccc(COc2ccc(Br)cc2)c1. The first kappa shape index (κ1) is 17.2. The van der Waals surface area contributed by atoms with Crippen LogP contribution in [0, 0.1) is 0 Å². The number of amides is 1. The third-order valence-electron chi connectivity index (χ3n) is 3.56. The van der Waals surface area contributed by atoms with Gasteiger partial charge in [0.1, 0.15) is 12.4 Å². The topological polar surface area (TPSA) is 51.2 Å². The molecule has 126 valence electrons. The molecule has 4 nitrogen and oxygen atoms in total. The van der Waals surface area contributed by atoms with Crippen molar-refractivity contribution in [1.29, 1.82) is 0 Å². The normalized spacial score (nSPS) is 10.3. The van der Waals surface area contributed by atoms with Crippen LogP contribution >= 0.6 is 15.9 Å². The third-order valence-corrected chi connectivity index (χ3v) is 4.09. The number of halogens is 1. The first-order valence-corrected chi connectivity index (χ1v) is 8.65. The number of rotatable bonds is 6. The van der Waals surface area contributed by atoms with Crippen LogP contribution in [0.2, 0.25) is 0 Å². The van der Waals surface area contributed by atoms with Crippen molar-refractivity contribution in [2.24, 2.45) is 0 Å². The summed E-state index contributed by atoms with van der Waals surface area (Å²) in [7, 11) is 0. The lowest BCUT2D eigenvalue weighted by atomic mass is 10.1. The number of carbonyl (C=O) groups is 1. The highest BCUT2D eigenvalue weighted by atomic mass is 79.9. The van der Waals surface area contributed by atoms with Gasteiger partial charge in [-0.15, -0.1) is 0 Å². The van der Waals surface area contributed by atoms with Crippen molar-refractivity contribution in [3.8, 4) is 5.75 Å². The molecule has 1 heterocycles. The average Bonchev–Trinajstić information content (AvgIpc) is 2.67. The van der Waals surface area contributed by atoms with Gasteiger partial charge in [0.05, 0.1) is 12.2 Å². The minimum absolute atomic E-state index is 0.129. The largest absolute Gasteiger partial charge is 0.489 e. The Bertz CT molecular complexity index is 836. The molecule has 0 atom stereocenters. The van der Waals surface area contributed by atoms with E-state index in [1.165, 1.54) is 0 Å². The van der Waals surface area contributed by atoms with Crippen molar-refractivity contribution >= 4 is 21.8 Å². The Morgan fingerprint density at radius 3 is 2.64 bits per heavy atom. The molecule has 25 heavy (non-hydrogen) atoms. The van der Waals surface area contributed by atoms with E-state index >= 15 is 0 Å². The van der Waals surface area contributed by atoms with Gasteiger partial charge in [-0.2, -0.15) is 0 Å². The molecule has 0 spiro atoms. The van der Waals surface area contributed by atoms with E-state index in [0.29, 0.717) is 18.7 Å². The molecule has 0 saturated carbocycles. The number of carbonyl (C=O) groups excluding carboxylic acids is 1. The van der Waals surface area contributed by atoms with Gasteiger partial charge in [0.2, 0.25) is 0 Å². The van der Waals surface area contributed by atoms with Crippen LogP contribution in [0.25, 0.3) is 0 Å². The summed E-state index contributed by atoms with van der Waals surface area (Å²) in [6.45, 7) is 0.808. The van der Waals surface area contributed by atoms with E-state index in [4.69, 9.17) is 4.74 Å². The minimum atomic E-state index is -0.129. The van der Waals surface area contributed by atoms with Gasteiger partial charge in [-0.05, 0) is 54.1 Å². The summed E-state index contributed by atoms with van der Waals surface area (Å²) < 4.78 is 6.75. The highest BCUT2D eigenvalue weighted by Gasteiger charge is 2.07. The first-order chi connectivity index (χ1) is 12.2. The predicted molar refractivity (Wildman–Crippen MR) is 100 cm³/mol. The molecule has 5 heteroatoms. The van der Waals surface area contributed by atoms with Crippen LogP contribution < -0.4 is 10.1 Å². The van der Waals surface area contributed by atoms with E-state index in [2.05, 4.69) is 26.2 Å². The third kappa shape index (κ3) is 5.16. The lowest BCUT2D eigenvalue weighted by molar-refractivity contribution is 0.0950. The second-order valence-electron chi connectivity index (χ2n) is 5.45. The van der Waals surface area contributed by atoms with Crippen molar-refractivity contribution in [3.63, 3.8) is 0 Å². The van der Waals surface area contributed by atoms with Gasteiger partial charge in [0.15, 0.2) is 0 Å². The maximum absolute atomic E-state index is 12.3. The van der Waals surface area contributed by atoms with Gasteiger partial charge in [-0.3, -0.25) is 9.78 Å². The summed E-state index contributed by atoms with van der Waals surface area (Å²) in [5.41, 5.74) is 2.37. The Morgan fingerprint density at radius 2 is 1.88 bits per heavy atom. The number of benzene rings is 2. The lowest BCUT2D eigenvalue weighted by Crippen LogP contribution is -2.23. The van der Waals surface area contributed by atoms with E-state index < -0.39 is 0 Å². The van der Waals surface area contributed by atoms with Crippen LogP contribution in [0.1, 0.15) is 21.6 Å². The fourth-order valence-electron chi connectivity index (χ4n) is 2.28. The molecule has 0 fully saturated rings. The van der Waals surface area contributed by atoms with Gasteiger partial charge in [-0.25, -0.2) is 0 Å². The molecule has 0 aliphatic rings. The molecule has 0 saturated heterocycles. The monoisotopic (exact) mass is 396 g/mol. The summed E-state index contributed by atoms with van der Waals surface area (Å²) in [4.78, 5) is 16.5. The van der Waals surface area contributed by atoms with Crippen LogP contribution in [0.5, 0.6) is 5.75 Å². The fraction of sp³-hybridized carbons (Fsp3) is 0.100. The Labute approximate surface area is 155 Å². The van der Waals surface area contributed by atoms with Crippen molar-refractivity contribution < 1.29 is 9.53 Å². The number of aromatic nitrogens is 1. The first-order valence-electron chi connectivity index (χ1n) is 7.86. The van der Waals surface area contributed by atoms with Crippen molar-refractivity contribution in [1.82, 2.24) is 10.3 Å². The zero-order chi connectivity index (χ0) is 17.5. The van der Waals surface area contributed by atoms with Crippen LogP contribution in [0.3, 0.4) is 0 Å². The molecule has 0 bridgehead atoms. The van der Waals surface area contributed by atoms with E-state index in [9.17, 15) is 4.79 Å². The van der Waals surface area contributed by atoms with Crippen LogP contribution in [0.4, 0.5) is 0 Å². The van der Waals surface area contributed by atoms with Crippen molar-refractivity contribution in [2.45, 2.75) is 13.2 Å². The molecule has 3 rings (SSSR count). The second kappa shape index (κ2) is 8.44. The van der Waals surface area contributed by atoms with Crippen molar-refractivity contribution in [3.05, 3.63) is 94.2 Å². The molecule has 0 aliphatic heterocycles. The molecular weight excluding hydrogens is 380 g/mol. The molecule has 1 N–H and O–H groups in total. The molecule has 0 unspecified atom stereocenters. The number of nitrogens with zero attached hydrogens (tertiary/aromatic N) is 1. The fourth-order valence-corrected chi connectivity index (χ4v) is 2.54. The summed E-state index contributed by atoms with van der Waals surface area (Å²) in [5, 5.41) is 2.88. The zero-order valence-electron chi connectivity index (χ0n) is 13.5. The quantitative estimate of drug-likeness (QED) is 0.673. The van der Waals surface area contributed by atoms with Gasteiger partial charge in [0, 0.05) is 16.2 Å². The van der Waals surface area contributed by atoms with Gasteiger partial charge in [0.25, 0.3) is 5.91 Å². The number of hydrogen-bond acceptors (Lipinski definition) is 3. The Morgan fingerprint density at radius 1 is 1.04 bits per heavy atom. The molecular formula is C20H17BrN2O2. The Kier molecular flexibility index (Phi) is 5.80. The lowest BCUT2D eigenvalue weighted by Gasteiger charge is -2.09. The second-order valence-corrected chi connectivity index (χ2v) is 6.36. The Balaban J connectivity index is 1.58. The average molecular weight is 397 g/mol. The van der Waals surface area contributed by atoms with Gasteiger partial charge < -0.3 is 10.1 Å². The maximum Gasteiger partial charge on any atom is 0.251 e. The highest BCUT2D eigenvalue weighted by molar-refractivity contribution is 9.10. The van der Waals surface area contributed by atoms with Crippen molar-refractivity contribution in [2.75, 3.05) is 0 Å². The van der Waals surface area contributed by atoms with E-state index in [0.717, 1.165) is 21.5 Å². The van der Waals surface area contributed by atoms with Gasteiger partial charge in [-0.1, -0.05) is 34.1 Å². The molecule has 0 radical (unpaired) electrons. The van der Waals surface area contributed by atoms with E-state index in [1.807, 2.05) is 60.7 Å². The van der Waals surface area contributed by atoms with Crippen LogP contribution in [-0.2, 0) is 13.2 Å². The summed E-state index contributed by atoms with van der Waals surface area (Å²) in [6.07, 6.45) is 1.71. The van der Waals surface area contributed by atoms with Crippen LogP contribution in [0.15, 0.2) is 77.4 Å². The smallest absolute Gasteiger partial charge is 0.251 e. The number of nitrogens with one attached hydrogen (secondary N) is 1. The molecule has 2 aromatic carbocycles. The molecule has 3 aromatic rings. The zero-order valence-corrected chi connectivity index (χ0v) is 15.1. The standard InChI is InChI=1S/C20H17BrN2O2/c21-17-7-9-19(10-8-17)25-14-15-4-3-5-16(12-15)20(24)23-13-18-6-1-2-11-22-18/h1-12H,13-14H2,(H,23,24). The number of ether oxygens (including phenoxy) is 1. The maximum atomic E-state index is 12.3. The van der Waals surface area contributed by atoms with Crippen LogP contribution in [-0.4, -0.2) is 10.9 Å². The summed E-state index contributed by atoms with van der Waals surface area (Å²) in [6, 6.07) is 20.7. The van der Waals surface area contributed by atoms with Gasteiger partial charge >= 0.3 is 0 Å². The summed E-state index contributed by atoms with van der Waals surface area (Å²) >= 11 is 3.39. The number of pyridine rings is 1. The number of hydrogen-bond donors (Lipinski definition) is 1. The molecule has 1 amide bonds.